The Kier molecular flexibility index (Phi) is 3.72. The number of methoxy groups -OCH3 is 1. The molecule has 0 unspecified atom stereocenters. The Morgan fingerprint density at radius 1 is 1.04 bits per heavy atom. The molecule has 0 saturated heterocycles. The fraction of sp³-hybridized carbons (Fsp3) is 0.211. The Morgan fingerprint density at radius 3 is 2.28 bits per heavy atom. The van der Waals surface area contributed by atoms with Crippen molar-refractivity contribution in [1.29, 1.82) is 0 Å². The van der Waals surface area contributed by atoms with Crippen molar-refractivity contribution < 1.29 is 19.2 Å². The van der Waals surface area contributed by atoms with Crippen molar-refractivity contribution >= 4 is 17.5 Å². The lowest BCUT2D eigenvalue weighted by atomic mass is 10.0. The predicted octanol–water partition coefficient (Wildman–Crippen LogP) is 2.48. The summed E-state index contributed by atoms with van der Waals surface area (Å²) in [7, 11) is 1.60. The standard InChI is InChI=1S/C19H16N2O4/c1-24-17-9-5-4-8-15(17)16-10-12(25-20-16)11-21-18(22)13-6-2-3-7-14(13)19(21)23/h2-9,12H,10-11H2,1H3/t12-/m0/s1. The van der Waals surface area contributed by atoms with E-state index in [-0.39, 0.29) is 24.5 Å². The molecule has 0 aromatic heterocycles. The van der Waals surface area contributed by atoms with Gasteiger partial charge in [-0.15, -0.1) is 0 Å². The molecule has 6 nitrogen and oxygen atoms in total. The maximum atomic E-state index is 12.4. The Hall–Kier alpha value is -3.15. The summed E-state index contributed by atoms with van der Waals surface area (Å²) in [6, 6.07) is 14.4. The minimum absolute atomic E-state index is 0.175. The van der Waals surface area contributed by atoms with E-state index in [1.54, 1.807) is 31.4 Å². The van der Waals surface area contributed by atoms with Gasteiger partial charge in [-0.2, -0.15) is 0 Å². The molecule has 0 saturated carbocycles. The largest absolute Gasteiger partial charge is 0.496 e. The average Bonchev–Trinajstić information content (AvgIpc) is 3.21. The third kappa shape index (κ3) is 2.55. The molecule has 0 spiro atoms. The first-order chi connectivity index (χ1) is 12.2. The molecule has 2 amide bonds. The Bertz CT molecular complexity index is 855. The third-order valence-electron chi connectivity index (χ3n) is 4.42. The minimum Gasteiger partial charge on any atom is -0.496 e. The summed E-state index contributed by atoms with van der Waals surface area (Å²) >= 11 is 0. The zero-order chi connectivity index (χ0) is 17.4. The molecule has 126 valence electrons. The van der Waals surface area contributed by atoms with E-state index < -0.39 is 0 Å². The van der Waals surface area contributed by atoms with Crippen LogP contribution < -0.4 is 4.74 Å². The molecule has 0 radical (unpaired) electrons. The number of carbonyl (C=O) groups is 2. The second-order valence-corrected chi connectivity index (χ2v) is 5.94. The minimum atomic E-state index is -0.359. The van der Waals surface area contributed by atoms with Gasteiger partial charge in [0.05, 0.1) is 30.5 Å². The first-order valence-electron chi connectivity index (χ1n) is 8.00. The molecular weight excluding hydrogens is 320 g/mol. The predicted molar refractivity (Wildman–Crippen MR) is 90.8 cm³/mol. The number of oxime groups is 1. The van der Waals surface area contributed by atoms with E-state index in [9.17, 15) is 9.59 Å². The highest BCUT2D eigenvalue weighted by Gasteiger charge is 2.38. The third-order valence-corrected chi connectivity index (χ3v) is 4.42. The average molecular weight is 336 g/mol. The lowest BCUT2D eigenvalue weighted by Gasteiger charge is -2.17. The van der Waals surface area contributed by atoms with Crippen LogP contribution in [0.3, 0.4) is 0 Å². The lowest BCUT2D eigenvalue weighted by Crippen LogP contribution is -2.37. The smallest absolute Gasteiger partial charge is 0.261 e. The van der Waals surface area contributed by atoms with Crippen LogP contribution in [0.4, 0.5) is 0 Å². The summed E-state index contributed by atoms with van der Waals surface area (Å²) in [5, 5.41) is 4.12. The van der Waals surface area contributed by atoms with Gasteiger partial charge in [-0.25, -0.2) is 0 Å². The van der Waals surface area contributed by atoms with E-state index >= 15 is 0 Å². The Morgan fingerprint density at radius 2 is 1.64 bits per heavy atom. The molecule has 6 heteroatoms. The van der Waals surface area contributed by atoms with Crippen molar-refractivity contribution in [3.63, 3.8) is 0 Å². The fourth-order valence-electron chi connectivity index (χ4n) is 3.18. The van der Waals surface area contributed by atoms with Crippen LogP contribution in [0, 0.1) is 0 Å². The van der Waals surface area contributed by atoms with Crippen LogP contribution in [-0.2, 0) is 4.84 Å². The number of imide groups is 1. The SMILES string of the molecule is COc1ccccc1C1=NO[C@H](CN2C(=O)c3ccccc3C2=O)C1. The van der Waals surface area contributed by atoms with Gasteiger partial charge in [0.25, 0.3) is 11.8 Å². The van der Waals surface area contributed by atoms with Crippen LogP contribution >= 0.6 is 0 Å². The van der Waals surface area contributed by atoms with Gasteiger partial charge in [-0.3, -0.25) is 14.5 Å². The number of hydrogen-bond donors (Lipinski definition) is 0. The number of nitrogens with zero attached hydrogens (tertiary/aromatic N) is 2. The molecule has 0 bridgehead atoms. The highest BCUT2D eigenvalue weighted by Crippen LogP contribution is 2.27. The number of hydrogen-bond acceptors (Lipinski definition) is 5. The molecule has 4 rings (SSSR count). The highest BCUT2D eigenvalue weighted by molar-refractivity contribution is 6.21. The van der Waals surface area contributed by atoms with Gasteiger partial charge in [0.1, 0.15) is 5.75 Å². The summed E-state index contributed by atoms with van der Waals surface area (Å²) < 4.78 is 5.35. The lowest BCUT2D eigenvalue weighted by molar-refractivity contribution is 0.0399. The van der Waals surface area contributed by atoms with Crippen LogP contribution in [0.25, 0.3) is 0 Å². The van der Waals surface area contributed by atoms with Crippen molar-refractivity contribution in [2.75, 3.05) is 13.7 Å². The molecular formula is C19H16N2O4. The molecule has 0 aliphatic carbocycles. The molecule has 0 fully saturated rings. The van der Waals surface area contributed by atoms with Crippen molar-refractivity contribution in [3.05, 3.63) is 65.2 Å². The molecule has 2 aliphatic rings. The number of rotatable bonds is 4. The van der Waals surface area contributed by atoms with Crippen LogP contribution in [0.5, 0.6) is 5.75 Å². The summed E-state index contributed by atoms with van der Waals surface area (Å²) in [6.07, 6.45) is 0.149. The van der Waals surface area contributed by atoms with Gasteiger partial charge >= 0.3 is 0 Å². The highest BCUT2D eigenvalue weighted by atomic mass is 16.6. The summed E-state index contributed by atoms with van der Waals surface area (Å²) in [5.74, 6) is 0.149. The van der Waals surface area contributed by atoms with Crippen molar-refractivity contribution in [2.24, 2.45) is 5.16 Å². The van der Waals surface area contributed by atoms with E-state index in [4.69, 9.17) is 9.57 Å². The van der Waals surface area contributed by atoms with E-state index in [2.05, 4.69) is 5.16 Å². The molecule has 2 aromatic rings. The molecule has 1 atom stereocenters. The summed E-state index contributed by atoms with van der Waals surface area (Å²) in [6.45, 7) is 0.175. The van der Waals surface area contributed by atoms with Crippen LogP contribution in [0.2, 0.25) is 0 Å². The number of benzene rings is 2. The van der Waals surface area contributed by atoms with Gasteiger partial charge < -0.3 is 9.57 Å². The molecule has 2 aromatic carbocycles. The van der Waals surface area contributed by atoms with Crippen LogP contribution in [0.15, 0.2) is 53.7 Å². The van der Waals surface area contributed by atoms with E-state index in [0.29, 0.717) is 23.3 Å². The second kappa shape index (κ2) is 6.05. The first kappa shape index (κ1) is 15.4. The van der Waals surface area contributed by atoms with Gasteiger partial charge in [0.2, 0.25) is 0 Å². The van der Waals surface area contributed by atoms with E-state index in [1.807, 2.05) is 24.3 Å². The van der Waals surface area contributed by atoms with Gasteiger partial charge in [-0.1, -0.05) is 29.4 Å². The quantitative estimate of drug-likeness (QED) is 0.805. The zero-order valence-corrected chi connectivity index (χ0v) is 13.6. The normalized spacial score (nSPS) is 18.8. The van der Waals surface area contributed by atoms with Crippen LogP contribution in [-0.4, -0.2) is 42.2 Å². The van der Waals surface area contributed by atoms with Crippen LogP contribution in [0.1, 0.15) is 32.7 Å². The van der Waals surface area contributed by atoms with E-state index in [0.717, 1.165) is 11.3 Å². The molecule has 25 heavy (non-hydrogen) atoms. The first-order valence-corrected chi connectivity index (χ1v) is 8.00. The topological polar surface area (TPSA) is 68.2 Å². The van der Waals surface area contributed by atoms with E-state index in [1.165, 1.54) is 4.90 Å². The number of carbonyl (C=O) groups excluding carboxylic acids is 2. The maximum Gasteiger partial charge on any atom is 0.261 e. The number of fused-ring (bicyclic) bond motifs is 1. The number of ether oxygens (including phenoxy) is 1. The van der Waals surface area contributed by atoms with Gasteiger partial charge in [0, 0.05) is 12.0 Å². The van der Waals surface area contributed by atoms with Crippen molar-refractivity contribution in [1.82, 2.24) is 4.90 Å². The second-order valence-electron chi connectivity index (χ2n) is 5.94. The van der Waals surface area contributed by atoms with Gasteiger partial charge in [0.15, 0.2) is 6.10 Å². The number of amides is 2. The molecule has 2 aliphatic heterocycles. The molecule has 2 heterocycles. The summed E-state index contributed by atoms with van der Waals surface area (Å²) in [5.41, 5.74) is 2.49. The monoisotopic (exact) mass is 336 g/mol. The van der Waals surface area contributed by atoms with Crippen molar-refractivity contribution in [3.8, 4) is 5.75 Å². The Labute approximate surface area is 144 Å². The zero-order valence-electron chi connectivity index (χ0n) is 13.6. The summed E-state index contributed by atoms with van der Waals surface area (Å²) in [4.78, 5) is 31.6. The maximum absolute atomic E-state index is 12.4. The number of para-hydroxylation sites is 1. The fourth-order valence-corrected chi connectivity index (χ4v) is 3.18. The van der Waals surface area contributed by atoms with Gasteiger partial charge in [-0.05, 0) is 24.3 Å². The van der Waals surface area contributed by atoms with Crippen molar-refractivity contribution in [2.45, 2.75) is 12.5 Å². The Balaban J connectivity index is 1.48. The molecule has 0 N–H and O–H groups in total.